The van der Waals surface area contributed by atoms with E-state index in [1.54, 1.807) is 0 Å². The van der Waals surface area contributed by atoms with Crippen molar-refractivity contribution >= 4 is 83.8 Å². The number of hydrogen-bond donors (Lipinski definition) is 0. The summed E-state index contributed by atoms with van der Waals surface area (Å²) in [6.07, 6.45) is 0. The van der Waals surface area contributed by atoms with Gasteiger partial charge in [0.15, 0.2) is 0 Å². The molecule has 0 aromatic rings. The molecule has 0 N–H and O–H groups in total. The van der Waals surface area contributed by atoms with Crippen molar-refractivity contribution in [1.82, 2.24) is 0 Å². The summed E-state index contributed by atoms with van der Waals surface area (Å²) in [5.41, 5.74) is 0. The van der Waals surface area contributed by atoms with E-state index in [1.807, 2.05) is 0 Å². The number of hydrogen-bond acceptors (Lipinski definition) is 1. The average molecular weight is 576 g/mol. The third kappa shape index (κ3) is 8.85. The third-order valence-electron chi connectivity index (χ3n) is 0. The molecule has 0 aliphatic heterocycles. The van der Waals surface area contributed by atoms with Crippen molar-refractivity contribution in [2.45, 2.75) is 0 Å². The van der Waals surface area contributed by atoms with E-state index in [1.165, 1.54) is 0 Å². The molecule has 0 saturated carbocycles. The van der Waals surface area contributed by atoms with E-state index in [2.05, 4.69) is 9.19 Å². The summed E-state index contributed by atoms with van der Waals surface area (Å²) in [7, 11) is 4.17. The van der Waals surface area contributed by atoms with Crippen molar-refractivity contribution in [1.29, 1.82) is 0 Å². The number of rotatable bonds is 0. The van der Waals surface area contributed by atoms with Crippen LogP contribution in [0.4, 0.5) is 0 Å². The first-order valence-electron chi connectivity index (χ1n) is 0.204. The van der Waals surface area contributed by atoms with Crippen LogP contribution in [-0.2, 0) is 0 Å². The molecule has 0 saturated heterocycles. The Balaban J connectivity index is -0.00000000500. The van der Waals surface area contributed by atoms with Gasteiger partial charge in [0.1, 0.15) is 0 Å². The van der Waals surface area contributed by atoms with Crippen LogP contribution in [-0.4, -0.2) is 74.6 Å². The quantitative estimate of drug-likeness (QED) is 0.299. The molecule has 0 aromatic heterocycles. The van der Waals surface area contributed by atoms with E-state index in [-0.39, 0.29) is 53.5 Å². The van der Waals surface area contributed by atoms with Gasteiger partial charge in [0.05, 0.1) is 0 Å². The van der Waals surface area contributed by atoms with Crippen LogP contribution >= 0.6 is 9.19 Å². The monoisotopic (exact) mass is 576 g/mol. The molecule has 0 aromatic carbocycles. The zero-order valence-electron chi connectivity index (χ0n) is 2.32. The fourth-order valence-electron chi connectivity index (χ4n) is 0. The molecule has 0 unspecified atom stereocenters. The van der Waals surface area contributed by atoms with Crippen LogP contribution in [0.3, 0.4) is 0 Å². The molecule has 2 radical (unpaired) electrons. The van der Waals surface area contributed by atoms with Crippen molar-refractivity contribution < 1.29 is 0 Å². The van der Waals surface area contributed by atoms with Gasteiger partial charge in [-0.3, -0.25) is 0 Å². The van der Waals surface area contributed by atoms with Gasteiger partial charge in [0.25, 0.3) is 0 Å². The third-order valence-corrected chi connectivity index (χ3v) is 0. The fourth-order valence-corrected chi connectivity index (χ4v) is 0. The molecule has 0 bridgehead atoms. The molecule has 0 atom stereocenters. The van der Waals surface area contributed by atoms with E-state index < -0.39 is 0 Å². The van der Waals surface area contributed by atoms with Gasteiger partial charge in [-0.15, -0.1) is 0 Å². The Bertz CT molecular complexity index is 8.00. The molecule has 0 aliphatic carbocycles. The van der Waals surface area contributed by atoms with Crippen LogP contribution in [0.1, 0.15) is 0 Å². The summed E-state index contributed by atoms with van der Waals surface area (Å²) in [5.74, 6) is 0. The van der Waals surface area contributed by atoms with Crippen molar-refractivity contribution in [2.24, 2.45) is 0 Å². The fraction of sp³-hybridized carbons (Fsp3) is 0. The molecule has 0 nitrogen and oxygen atoms in total. The second-order valence-corrected chi connectivity index (χ2v) is 0. The molecule has 26 valence electrons. The van der Waals surface area contributed by atoms with E-state index in [4.69, 9.17) is 0 Å². The molecule has 0 amide bonds. The maximum atomic E-state index is 4.17. The summed E-state index contributed by atoms with van der Waals surface area (Å²) in [6, 6.07) is 0. The van der Waals surface area contributed by atoms with Gasteiger partial charge < -0.3 is 0 Å². The Labute approximate surface area is 82.0 Å². The summed E-state index contributed by atoms with van der Waals surface area (Å²) in [4.78, 5) is 0. The van der Waals surface area contributed by atoms with E-state index in [9.17, 15) is 0 Å². The van der Waals surface area contributed by atoms with Gasteiger partial charge in [0.2, 0.25) is 0 Å². The van der Waals surface area contributed by atoms with Crippen molar-refractivity contribution in [2.75, 3.05) is 0 Å². The maximum absolute atomic E-state index is 4.17. The van der Waals surface area contributed by atoms with Crippen LogP contribution in [0.25, 0.3) is 0 Å². The molecular weight excluding hydrogens is 570 g/mol. The first kappa shape index (κ1) is 15.8. The normalized spacial score (nSPS) is 1.00. The van der Waals surface area contributed by atoms with Crippen molar-refractivity contribution in [3.05, 3.63) is 0 Å². The van der Waals surface area contributed by atoms with Crippen LogP contribution < -0.4 is 0 Å². The SMILES string of the molecule is [BiH3].[PbH2].[S]=[SbH]. The predicted molar refractivity (Wildman–Crippen MR) is 33.2 cm³/mol. The molecule has 0 aliphatic rings. The van der Waals surface area contributed by atoms with Gasteiger partial charge >= 0.3 is 83.8 Å². The van der Waals surface area contributed by atoms with E-state index in [0.29, 0.717) is 0 Å². The van der Waals surface area contributed by atoms with Crippen LogP contribution in [0.2, 0.25) is 0 Å². The van der Waals surface area contributed by atoms with Crippen LogP contribution in [0.15, 0.2) is 0 Å². The van der Waals surface area contributed by atoms with Gasteiger partial charge in [-0.25, -0.2) is 0 Å². The van der Waals surface area contributed by atoms with Gasteiger partial charge in [-0.05, 0) is 0 Å². The topological polar surface area (TPSA) is 0 Å². The standard InChI is InChI=1S/Bi.Pb.S.Sb.6H. The summed E-state index contributed by atoms with van der Waals surface area (Å²) < 4.78 is 0. The molecule has 0 spiro atoms. The second-order valence-electron chi connectivity index (χ2n) is 0. The summed E-state index contributed by atoms with van der Waals surface area (Å²) in [5, 5.41) is 0. The molecule has 4 heteroatoms. The first-order chi connectivity index (χ1) is 1.00. The second kappa shape index (κ2) is 17.0. The van der Waals surface area contributed by atoms with Crippen LogP contribution in [0.5, 0.6) is 0 Å². The molecule has 4 heavy (non-hydrogen) atoms. The van der Waals surface area contributed by atoms with Gasteiger partial charge in [0, 0.05) is 0 Å². The summed E-state index contributed by atoms with van der Waals surface area (Å²) in [6.45, 7) is 0. The Morgan fingerprint density at radius 1 is 1.25 bits per heavy atom. The molecular formula is H6BiPbSSb. The van der Waals surface area contributed by atoms with Gasteiger partial charge in [-0.1, -0.05) is 0 Å². The molecule has 0 fully saturated rings. The van der Waals surface area contributed by atoms with Crippen molar-refractivity contribution in [3.8, 4) is 0 Å². The first-order valence-corrected chi connectivity index (χ1v) is 4.11. The van der Waals surface area contributed by atoms with E-state index >= 15 is 0 Å². The zero-order chi connectivity index (χ0) is 2.00. The Hall–Kier alpha value is 2.84. The predicted octanol–water partition coefficient (Wildman–Crippen LogP) is -2.10. The van der Waals surface area contributed by atoms with Gasteiger partial charge in [-0.2, -0.15) is 0 Å². The Morgan fingerprint density at radius 3 is 1.25 bits per heavy atom. The zero-order valence-corrected chi connectivity index (χ0v) is 17.0. The Kier molecular flexibility index (Phi) is 67.1. The average Bonchev–Trinajstić information content (AvgIpc) is 1.00. The van der Waals surface area contributed by atoms with Crippen LogP contribution in [0, 0.1) is 0 Å². The minimum absolute atomic E-state index is 0. The van der Waals surface area contributed by atoms with Crippen molar-refractivity contribution in [3.63, 3.8) is 0 Å². The Morgan fingerprint density at radius 2 is 1.25 bits per heavy atom. The molecule has 0 heterocycles. The summed E-state index contributed by atoms with van der Waals surface area (Å²) >= 11 is 1.13. The minimum atomic E-state index is 0. The van der Waals surface area contributed by atoms with E-state index in [0.717, 1.165) is 21.1 Å². The molecule has 0 rings (SSSR count).